The second kappa shape index (κ2) is 8.75. The smallest absolute Gasteiger partial charge is 0.182 e. The third-order valence-corrected chi connectivity index (χ3v) is 5.97. The number of aliphatic imine (C=N–C) groups is 1. The Morgan fingerprint density at radius 1 is 1.15 bits per heavy atom. The van der Waals surface area contributed by atoms with Crippen LogP contribution < -0.4 is 4.90 Å². The van der Waals surface area contributed by atoms with Crippen LogP contribution in [-0.4, -0.2) is 29.8 Å². The van der Waals surface area contributed by atoms with Crippen molar-refractivity contribution in [2.45, 2.75) is 40.0 Å². The van der Waals surface area contributed by atoms with E-state index in [9.17, 15) is 4.79 Å². The van der Waals surface area contributed by atoms with Crippen LogP contribution in [-0.2, 0) is 0 Å². The maximum atomic E-state index is 13.0. The topological polar surface area (TPSA) is 32.7 Å². The van der Waals surface area contributed by atoms with E-state index in [1.54, 1.807) is 11.8 Å². The number of aryl methyl sites for hydroxylation is 2. The molecule has 0 atom stereocenters. The van der Waals surface area contributed by atoms with Gasteiger partial charge in [-0.25, -0.2) is 0 Å². The van der Waals surface area contributed by atoms with Gasteiger partial charge in [0.1, 0.15) is 0 Å². The number of ketones is 1. The SMILES string of the molecule is Cc1ccc(C)c(N(CC(=O)c2ccc(C(C)C)cc2)C2=NCCCS2)c1. The lowest BCUT2D eigenvalue weighted by molar-refractivity contribution is 0.100. The molecule has 0 spiro atoms. The van der Waals surface area contributed by atoms with Crippen molar-refractivity contribution in [2.24, 2.45) is 4.99 Å². The normalized spacial score (nSPS) is 14.2. The van der Waals surface area contributed by atoms with Gasteiger partial charge in [-0.1, -0.05) is 62.0 Å². The first kappa shape index (κ1) is 19.7. The maximum Gasteiger partial charge on any atom is 0.182 e. The maximum absolute atomic E-state index is 13.0. The van der Waals surface area contributed by atoms with Gasteiger partial charge in [-0.2, -0.15) is 0 Å². The van der Waals surface area contributed by atoms with Crippen LogP contribution in [0.4, 0.5) is 5.69 Å². The van der Waals surface area contributed by atoms with E-state index in [1.807, 2.05) is 12.1 Å². The van der Waals surface area contributed by atoms with Crippen LogP contribution in [0.25, 0.3) is 0 Å². The number of benzene rings is 2. The van der Waals surface area contributed by atoms with Crippen molar-refractivity contribution in [3.63, 3.8) is 0 Å². The van der Waals surface area contributed by atoms with Crippen LogP contribution in [0.3, 0.4) is 0 Å². The Kier molecular flexibility index (Phi) is 6.38. The third kappa shape index (κ3) is 4.81. The molecule has 1 aliphatic rings. The van der Waals surface area contributed by atoms with E-state index in [-0.39, 0.29) is 5.78 Å². The van der Waals surface area contributed by atoms with Gasteiger partial charge in [0.25, 0.3) is 0 Å². The van der Waals surface area contributed by atoms with Gasteiger partial charge in [-0.05, 0) is 48.9 Å². The van der Waals surface area contributed by atoms with E-state index < -0.39 is 0 Å². The van der Waals surface area contributed by atoms with Gasteiger partial charge < -0.3 is 4.90 Å². The summed E-state index contributed by atoms with van der Waals surface area (Å²) in [6.45, 7) is 9.66. The molecule has 0 fully saturated rings. The van der Waals surface area contributed by atoms with Gasteiger partial charge in [0.2, 0.25) is 0 Å². The molecule has 0 amide bonds. The lowest BCUT2D eigenvalue weighted by Crippen LogP contribution is -2.36. The highest BCUT2D eigenvalue weighted by Crippen LogP contribution is 2.27. The van der Waals surface area contributed by atoms with E-state index in [4.69, 9.17) is 4.99 Å². The van der Waals surface area contributed by atoms with E-state index in [0.29, 0.717) is 12.5 Å². The predicted octanol–water partition coefficient (Wildman–Crippen LogP) is 5.61. The Morgan fingerprint density at radius 2 is 1.89 bits per heavy atom. The van der Waals surface area contributed by atoms with Crippen molar-refractivity contribution < 1.29 is 4.79 Å². The zero-order chi connectivity index (χ0) is 19.4. The van der Waals surface area contributed by atoms with E-state index in [0.717, 1.165) is 40.7 Å². The highest BCUT2D eigenvalue weighted by molar-refractivity contribution is 8.14. The minimum absolute atomic E-state index is 0.125. The Balaban J connectivity index is 1.90. The molecule has 0 unspecified atom stereocenters. The van der Waals surface area contributed by atoms with Crippen LogP contribution in [0.15, 0.2) is 47.5 Å². The minimum atomic E-state index is 0.125. The summed E-state index contributed by atoms with van der Waals surface area (Å²) in [5.74, 6) is 1.64. The largest absolute Gasteiger partial charge is 0.313 e. The molecule has 0 saturated heterocycles. The first-order chi connectivity index (χ1) is 13.0. The number of carbonyl (C=O) groups excluding carboxylic acids is 1. The highest BCUT2D eigenvalue weighted by Gasteiger charge is 2.22. The first-order valence-corrected chi connectivity index (χ1v) is 10.6. The summed E-state index contributed by atoms with van der Waals surface area (Å²) in [5, 5.41) is 0.960. The number of anilines is 1. The molecule has 27 heavy (non-hydrogen) atoms. The zero-order valence-electron chi connectivity index (χ0n) is 16.7. The van der Waals surface area contributed by atoms with Crippen LogP contribution in [0.5, 0.6) is 0 Å². The number of Topliss-reactive ketones (excluding diaryl/α,β-unsaturated/α-hetero) is 1. The molecule has 1 heterocycles. The predicted molar refractivity (Wildman–Crippen MR) is 118 cm³/mol. The molecule has 4 heteroatoms. The summed E-state index contributed by atoms with van der Waals surface area (Å²) in [6, 6.07) is 14.4. The van der Waals surface area contributed by atoms with Gasteiger partial charge in [-0.15, -0.1) is 0 Å². The molecular formula is C23H28N2OS. The van der Waals surface area contributed by atoms with Gasteiger partial charge >= 0.3 is 0 Å². The lowest BCUT2D eigenvalue weighted by Gasteiger charge is -2.28. The van der Waals surface area contributed by atoms with Crippen LogP contribution in [0, 0.1) is 13.8 Å². The first-order valence-electron chi connectivity index (χ1n) is 9.61. The molecule has 2 aromatic rings. The highest BCUT2D eigenvalue weighted by atomic mass is 32.2. The van der Waals surface area contributed by atoms with Crippen molar-refractivity contribution in [3.8, 4) is 0 Å². The lowest BCUT2D eigenvalue weighted by atomic mass is 10.0. The van der Waals surface area contributed by atoms with Crippen molar-refractivity contribution in [2.75, 3.05) is 23.7 Å². The number of carbonyl (C=O) groups is 1. The summed E-state index contributed by atoms with van der Waals surface area (Å²) < 4.78 is 0. The molecule has 1 aliphatic heterocycles. The number of nitrogens with zero attached hydrogens (tertiary/aromatic N) is 2. The number of thioether (sulfide) groups is 1. The molecule has 0 aliphatic carbocycles. The fraction of sp³-hybridized carbons (Fsp3) is 0.391. The summed E-state index contributed by atoms with van der Waals surface area (Å²) >= 11 is 1.75. The van der Waals surface area contributed by atoms with Crippen molar-refractivity contribution in [1.29, 1.82) is 0 Å². The number of hydrogen-bond donors (Lipinski definition) is 0. The molecule has 3 nitrogen and oxygen atoms in total. The van der Waals surface area contributed by atoms with Crippen molar-refractivity contribution in [1.82, 2.24) is 0 Å². The molecule has 0 aromatic heterocycles. The fourth-order valence-corrected chi connectivity index (χ4v) is 4.12. The average Bonchev–Trinajstić information content (AvgIpc) is 2.68. The minimum Gasteiger partial charge on any atom is -0.313 e. The monoisotopic (exact) mass is 380 g/mol. The summed E-state index contributed by atoms with van der Waals surface area (Å²) in [7, 11) is 0. The van der Waals surface area contributed by atoms with E-state index in [2.05, 4.69) is 62.9 Å². The third-order valence-electron chi connectivity index (χ3n) is 4.87. The molecule has 0 saturated carbocycles. The van der Waals surface area contributed by atoms with E-state index in [1.165, 1.54) is 11.1 Å². The Hall–Kier alpha value is -2.07. The summed E-state index contributed by atoms with van der Waals surface area (Å²) in [6.07, 6.45) is 1.10. The molecular weight excluding hydrogens is 352 g/mol. The van der Waals surface area contributed by atoms with Crippen LogP contribution >= 0.6 is 11.8 Å². The second-order valence-electron chi connectivity index (χ2n) is 7.44. The standard InChI is InChI=1S/C23H28N2OS/c1-16(2)19-8-10-20(11-9-19)22(26)15-25(23-24-12-5-13-27-23)21-14-17(3)6-7-18(21)4/h6-11,14,16H,5,12-13,15H2,1-4H3. The zero-order valence-corrected chi connectivity index (χ0v) is 17.5. The second-order valence-corrected chi connectivity index (χ2v) is 8.50. The van der Waals surface area contributed by atoms with Crippen LogP contribution in [0.1, 0.15) is 53.2 Å². The quantitative estimate of drug-likeness (QED) is 0.632. The summed E-state index contributed by atoms with van der Waals surface area (Å²) in [4.78, 5) is 19.9. The summed E-state index contributed by atoms with van der Waals surface area (Å²) in [5.41, 5.74) is 5.45. The number of rotatable bonds is 5. The van der Waals surface area contributed by atoms with Gasteiger partial charge in [0.05, 0.1) is 6.54 Å². The Labute approximate surface area is 166 Å². The number of hydrogen-bond acceptors (Lipinski definition) is 4. The molecule has 142 valence electrons. The van der Waals surface area contributed by atoms with Crippen LogP contribution in [0.2, 0.25) is 0 Å². The Bertz CT molecular complexity index is 840. The molecule has 0 radical (unpaired) electrons. The number of amidine groups is 1. The average molecular weight is 381 g/mol. The van der Waals surface area contributed by atoms with Crippen molar-refractivity contribution in [3.05, 3.63) is 64.7 Å². The van der Waals surface area contributed by atoms with Gasteiger partial charge in [0, 0.05) is 23.5 Å². The molecule has 0 N–H and O–H groups in total. The van der Waals surface area contributed by atoms with E-state index >= 15 is 0 Å². The molecule has 3 rings (SSSR count). The van der Waals surface area contributed by atoms with Gasteiger partial charge in [-0.3, -0.25) is 9.79 Å². The fourth-order valence-electron chi connectivity index (χ4n) is 3.17. The molecule has 2 aromatic carbocycles. The van der Waals surface area contributed by atoms with Crippen molar-refractivity contribution >= 4 is 28.4 Å². The molecule has 0 bridgehead atoms. The van der Waals surface area contributed by atoms with Gasteiger partial charge in [0.15, 0.2) is 11.0 Å². The Morgan fingerprint density at radius 3 is 2.52 bits per heavy atom.